The Morgan fingerprint density at radius 3 is 2.50 bits per heavy atom. The maximum absolute atomic E-state index is 10.7. The highest BCUT2D eigenvalue weighted by Crippen LogP contribution is 2.35. The van der Waals surface area contributed by atoms with Gasteiger partial charge in [0.25, 0.3) is 0 Å². The van der Waals surface area contributed by atoms with E-state index in [1.54, 1.807) is 0 Å². The molecule has 0 aromatic heterocycles. The van der Waals surface area contributed by atoms with Gasteiger partial charge in [-0.2, -0.15) is 0 Å². The molecule has 0 amide bonds. The van der Waals surface area contributed by atoms with E-state index in [2.05, 4.69) is 48.0 Å². The lowest BCUT2D eigenvalue weighted by Crippen LogP contribution is -2.05. The molecule has 0 aliphatic heterocycles. The molecule has 0 radical (unpaired) electrons. The second-order valence-corrected chi connectivity index (χ2v) is 6.02. The van der Waals surface area contributed by atoms with Crippen LogP contribution in [0.2, 0.25) is 5.02 Å². The highest BCUT2D eigenvalue weighted by molar-refractivity contribution is 9.10. The van der Waals surface area contributed by atoms with E-state index in [1.165, 1.54) is 5.56 Å². The van der Waals surface area contributed by atoms with Crippen LogP contribution in [0.3, 0.4) is 0 Å². The van der Waals surface area contributed by atoms with E-state index in [0.29, 0.717) is 5.02 Å². The Morgan fingerprint density at radius 2 is 1.85 bits per heavy atom. The number of hydrogen-bond donors (Lipinski definition) is 1. The maximum atomic E-state index is 10.7. The molecule has 0 aliphatic rings. The fourth-order valence-corrected chi connectivity index (χ4v) is 2.95. The zero-order valence-electron chi connectivity index (χ0n) is 11.7. The predicted octanol–water partition coefficient (Wildman–Crippen LogP) is 5.31. The smallest absolute Gasteiger partial charge is 0.106 e. The molecule has 2 aromatic carbocycles. The van der Waals surface area contributed by atoms with Crippen LogP contribution >= 0.6 is 27.5 Å². The number of aliphatic hydroxyl groups is 1. The number of aryl methyl sites for hydroxylation is 2. The van der Waals surface area contributed by atoms with Crippen molar-refractivity contribution < 1.29 is 5.11 Å². The number of rotatable bonds is 4. The number of benzene rings is 2. The van der Waals surface area contributed by atoms with Gasteiger partial charge in [0.15, 0.2) is 0 Å². The average molecular weight is 354 g/mol. The van der Waals surface area contributed by atoms with Crippen molar-refractivity contribution in [3.8, 4) is 0 Å². The first-order valence-corrected chi connectivity index (χ1v) is 7.99. The maximum Gasteiger partial charge on any atom is 0.106 e. The summed E-state index contributed by atoms with van der Waals surface area (Å²) < 4.78 is 0.806. The van der Waals surface area contributed by atoms with Crippen molar-refractivity contribution in [1.82, 2.24) is 0 Å². The zero-order chi connectivity index (χ0) is 14.7. The molecule has 1 unspecified atom stereocenters. The van der Waals surface area contributed by atoms with Gasteiger partial charge in [0.2, 0.25) is 0 Å². The Labute approximate surface area is 133 Å². The topological polar surface area (TPSA) is 20.2 Å². The monoisotopic (exact) mass is 352 g/mol. The standard InChI is InChI=1S/C17H18BrClO/c1-3-11-8-9-12(4-2)14(10-11)17(20)13-6-5-7-15(18)16(13)19/h5-10,17,20H,3-4H2,1-2H3. The van der Waals surface area contributed by atoms with Crippen LogP contribution in [-0.2, 0) is 12.8 Å². The van der Waals surface area contributed by atoms with Crippen molar-refractivity contribution in [3.63, 3.8) is 0 Å². The normalized spacial score (nSPS) is 12.4. The van der Waals surface area contributed by atoms with E-state index in [1.807, 2.05) is 18.2 Å². The fourth-order valence-electron chi connectivity index (χ4n) is 2.34. The summed E-state index contributed by atoms with van der Waals surface area (Å²) in [6, 6.07) is 11.9. The number of aliphatic hydroxyl groups excluding tert-OH is 1. The molecule has 1 N–H and O–H groups in total. The summed E-state index contributed by atoms with van der Waals surface area (Å²) in [5.41, 5.74) is 4.07. The highest BCUT2D eigenvalue weighted by atomic mass is 79.9. The van der Waals surface area contributed by atoms with Gasteiger partial charge >= 0.3 is 0 Å². The third-order valence-corrected chi connectivity index (χ3v) is 4.88. The molecule has 0 spiro atoms. The van der Waals surface area contributed by atoms with Gasteiger partial charge in [-0.1, -0.05) is 55.8 Å². The third-order valence-electron chi connectivity index (χ3n) is 3.57. The summed E-state index contributed by atoms with van der Waals surface area (Å²) in [6.45, 7) is 4.21. The van der Waals surface area contributed by atoms with Gasteiger partial charge in [-0.15, -0.1) is 0 Å². The fraction of sp³-hybridized carbons (Fsp3) is 0.294. The van der Waals surface area contributed by atoms with Crippen molar-refractivity contribution >= 4 is 27.5 Å². The van der Waals surface area contributed by atoms with E-state index in [4.69, 9.17) is 11.6 Å². The van der Waals surface area contributed by atoms with Crippen LogP contribution in [0.4, 0.5) is 0 Å². The van der Waals surface area contributed by atoms with Gasteiger partial charge in [-0.05, 0) is 51.5 Å². The van der Waals surface area contributed by atoms with Crippen molar-refractivity contribution in [2.24, 2.45) is 0 Å². The molecular weight excluding hydrogens is 336 g/mol. The summed E-state index contributed by atoms with van der Waals surface area (Å²) in [4.78, 5) is 0. The summed E-state index contributed by atoms with van der Waals surface area (Å²) >= 11 is 9.71. The van der Waals surface area contributed by atoms with Crippen LogP contribution in [-0.4, -0.2) is 5.11 Å². The van der Waals surface area contributed by atoms with E-state index in [9.17, 15) is 5.11 Å². The van der Waals surface area contributed by atoms with Crippen LogP contribution in [0.25, 0.3) is 0 Å². The molecule has 3 heteroatoms. The first-order valence-electron chi connectivity index (χ1n) is 6.82. The van der Waals surface area contributed by atoms with Gasteiger partial charge in [0.1, 0.15) is 6.10 Å². The minimum Gasteiger partial charge on any atom is -0.384 e. The molecule has 0 aliphatic carbocycles. The SMILES string of the molecule is CCc1ccc(CC)c(C(O)c2cccc(Br)c2Cl)c1. The van der Waals surface area contributed by atoms with Crippen LogP contribution in [0, 0.1) is 0 Å². The van der Waals surface area contributed by atoms with Crippen molar-refractivity contribution in [3.05, 3.63) is 68.1 Å². The van der Waals surface area contributed by atoms with Crippen LogP contribution in [0.5, 0.6) is 0 Å². The third kappa shape index (κ3) is 3.08. The van der Waals surface area contributed by atoms with E-state index >= 15 is 0 Å². The highest BCUT2D eigenvalue weighted by Gasteiger charge is 2.18. The molecule has 0 heterocycles. The summed E-state index contributed by atoms with van der Waals surface area (Å²) in [5.74, 6) is 0. The van der Waals surface area contributed by atoms with Crippen LogP contribution in [0.1, 0.15) is 42.2 Å². The molecular formula is C17H18BrClO. The number of hydrogen-bond acceptors (Lipinski definition) is 1. The van der Waals surface area contributed by atoms with Gasteiger partial charge in [0.05, 0.1) is 5.02 Å². The zero-order valence-corrected chi connectivity index (χ0v) is 14.0. The second-order valence-electron chi connectivity index (χ2n) is 4.79. The lowest BCUT2D eigenvalue weighted by atomic mass is 9.93. The Hall–Kier alpha value is -0.830. The summed E-state index contributed by atoms with van der Waals surface area (Å²) in [5, 5.41) is 11.3. The van der Waals surface area contributed by atoms with Crippen LogP contribution < -0.4 is 0 Å². The van der Waals surface area contributed by atoms with Gasteiger partial charge in [-0.25, -0.2) is 0 Å². The molecule has 0 fully saturated rings. The first-order chi connectivity index (χ1) is 9.58. The Balaban J connectivity index is 2.51. The van der Waals surface area contributed by atoms with Crippen molar-refractivity contribution in [1.29, 1.82) is 0 Å². The van der Waals surface area contributed by atoms with Gasteiger partial charge in [0, 0.05) is 10.0 Å². The van der Waals surface area contributed by atoms with Crippen molar-refractivity contribution in [2.75, 3.05) is 0 Å². The van der Waals surface area contributed by atoms with E-state index < -0.39 is 6.10 Å². The van der Waals surface area contributed by atoms with E-state index in [-0.39, 0.29) is 0 Å². The second kappa shape index (κ2) is 6.75. The van der Waals surface area contributed by atoms with Crippen molar-refractivity contribution in [2.45, 2.75) is 32.8 Å². The molecule has 0 saturated carbocycles. The lowest BCUT2D eigenvalue weighted by molar-refractivity contribution is 0.219. The molecule has 2 rings (SSSR count). The minimum absolute atomic E-state index is 0.573. The van der Waals surface area contributed by atoms with Crippen LogP contribution in [0.15, 0.2) is 40.9 Å². The number of halogens is 2. The lowest BCUT2D eigenvalue weighted by Gasteiger charge is -2.18. The molecule has 20 heavy (non-hydrogen) atoms. The minimum atomic E-state index is -0.693. The molecule has 106 valence electrons. The van der Waals surface area contributed by atoms with E-state index in [0.717, 1.165) is 34.0 Å². The average Bonchev–Trinajstić information content (AvgIpc) is 2.48. The summed E-state index contributed by atoms with van der Waals surface area (Å²) in [7, 11) is 0. The molecule has 0 saturated heterocycles. The quantitative estimate of drug-likeness (QED) is 0.790. The Bertz CT molecular complexity index is 610. The Morgan fingerprint density at radius 1 is 1.10 bits per heavy atom. The Kier molecular flexibility index (Phi) is 5.25. The predicted molar refractivity (Wildman–Crippen MR) is 88.4 cm³/mol. The summed E-state index contributed by atoms with van der Waals surface area (Å²) in [6.07, 6.45) is 1.15. The molecule has 2 aromatic rings. The van der Waals surface area contributed by atoms with Gasteiger partial charge < -0.3 is 5.11 Å². The molecule has 1 nitrogen and oxygen atoms in total. The largest absolute Gasteiger partial charge is 0.384 e. The van der Waals surface area contributed by atoms with Gasteiger partial charge in [-0.3, -0.25) is 0 Å². The first kappa shape index (κ1) is 15.6. The molecule has 0 bridgehead atoms. The molecule has 1 atom stereocenters.